The van der Waals surface area contributed by atoms with E-state index >= 15 is 0 Å². The highest BCUT2D eigenvalue weighted by Gasteiger charge is 2.12. The molecule has 0 aromatic heterocycles. The van der Waals surface area contributed by atoms with Gasteiger partial charge in [0.05, 0.1) is 0 Å². The molecule has 0 bridgehead atoms. The lowest BCUT2D eigenvalue weighted by Crippen LogP contribution is -2.07. The Bertz CT molecular complexity index is 710. The van der Waals surface area contributed by atoms with Crippen molar-refractivity contribution in [2.45, 2.75) is 6.92 Å². The number of allylic oxidation sites excluding steroid dienone is 3. The third-order valence-corrected chi connectivity index (χ3v) is 3.48. The van der Waals surface area contributed by atoms with Gasteiger partial charge in [-0.2, -0.15) is 0 Å². The largest absolute Gasteiger partial charge is 0.478 e. The molecule has 1 unspecified atom stereocenters. The molecule has 0 heterocycles. The Morgan fingerprint density at radius 3 is 1.96 bits per heavy atom. The number of hydrogen-bond acceptors (Lipinski definition) is 1. The Labute approximate surface area is 137 Å². The standard InChI is InChI=1S/C21H20O2/c1-17(15-16-19-11-6-3-7-12-19)20(21(22)23)14-8-13-18-9-4-2-5-10-18/h2-17H,1H3,(H,22,23). The van der Waals surface area contributed by atoms with Crippen LogP contribution in [0.2, 0.25) is 0 Å². The number of rotatable bonds is 6. The Kier molecular flexibility index (Phi) is 6.13. The molecule has 0 aliphatic rings. The zero-order valence-corrected chi connectivity index (χ0v) is 13.1. The van der Waals surface area contributed by atoms with Crippen molar-refractivity contribution in [3.05, 3.63) is 95.6 Å². The van der Waals surface area contributed by atoms with Crippen molar-refractivity contribution in [2.24, 2.45) is 5.92 Å². The molecule has 0 aliphatic heterocycles. The quantitative estimate of drug-likeness (QED) is 0.598. The van der Waals surface area contributed by atoms with E-state index in [2.05, 4.69) is 0 Å². The van der Waals surface area contributed by atoms with E-state index in [9.17, 15) is 9.90 Å². The molecule has 2 aromatic rings. The van der Waals surface area contributed by atoms with E-state index in [1.54, 1.807) is 12.2 Å². The summed E-state index contributed by atoms with van der Waals surface area (Å²) in [5.41, 5.74) is 2.47. The summed E-state index contributed by atoms with van der Waals surface area (Å²) in [5, 5.41) is 9.40. The molecule has 0 radical (unpaired) electrons. The first-order chi connectivity index (χ1) is 11.2. The minimum Gasteiger partial charge on any atom is -0.478 e. The lowest BCUT2D eigenvalue weighted by atomic mass is 9.99. The Morgan fingerprint density at radius 1 is 0.913 bits per heavy atom. The SMILES string of the molecule is CC(C=Cc1ccccc1)C(=CC=Cc1ccccc1)C(=O)O. The van der Waals surface area contributed by atoms with E-state index in [1.807, 2.05) is 85.8 Å². The Hall–Kier alpha value is -2.87. The molecule has 0 aliphatic carbocycles. The smallest absolute Gasteiger partial charge is 0.332 e. The predicted octanol–water partition coefficient (Wildman–Crippen LogP) is 5.06. The van der Waals surface area contributed by atoms with Gasteiger partial charge in [-0.1, -0.05) is 98.0 Å². The zero-order chi connectivity index (χ0) is 16.5. The van der Waals surface area contributed by atoms with E-state index < -0.39 is 5.97 Å². The normalized spacial score (nSPS) is 13.5. The minimum absolute atomic E-state index is 0.173. The van der Waals surface area contributed by atoms with Crippen LogP contribution >= 0.6 is 0 Å². The average Bonchev–Trinajstić information content (AvgIpc) is 2.58. The van der Waals surface area contributed by atoms with Gasteiger partial charge in [0.25, 0.3) is 0 Å². The van der Waals surface area contributed by atoms with Crippen LogP contribution < -0.4 is 0 Å². The van der Waals surface area contributed by atoms with E-state index in [1.165, 1.54) is 0 Å². The van der Waals surface area contributed by atoms with Crippen LogP contribution in [0.5, 0.6) is 0 Å². The Morgan fingerprint density at radius 2 is 1.43 bits per heavy atom. The molecule has 0 spiro atoms. The topological polar surface area (TPSA) is 37.3 Å². The highest BCUT2D eigenvalue weighted by Crippen LogP contribution is 2.15. The number of carbonyl (C=O) groups is 1. The molecule has 0 amide bonds. The molecule has 116 valence electrons. The fourth-order valence-electron chi connectivity index (χ4n) is 2.17. The molecule has 0 saturated carbocycles. The Balaban J connectivity index is 2.11. The van der Waals surface area contributed by atoms with Crippen LogP contribution in [0.4, 0.5) is 0 Å². The summed E-state index contributed by atoms with van der Waals surface area (Å²) in [6, 6.07) is 19.7. The van der Waals surface area contributed by atoms with Crippen molar-refractivity contribution >= 4 is 18.1 Å². The molecule has 2 rings (SSSR count). The van der Waals surface area contributed by atoms with E-state index in [0.717, 1.165) is 11.1 Å². The maximum atomic E-state index is 11.5. The van der Waals surface area contributed by atoms with Gasteiger partial charge >= 0.3 is 5.97 Å². The summed E-state index contributed by atoms with van der Waals surface area (Å²) in [7, 11) is 0. The maximum Gasteiger partial charge on any atom is 0.332 e. The molecule has 23 heavy (non-hydrogen) atoms. The second-order valence-corrected chi connectivity index (χ2v) is 5.26. The fourth-order valence-corrected chi connectivity index (χ4v) is 2.17. The highest BCUT2D eigenvalue weighted by molar-refractivity contribution is 5.88. The molecular formula is C21H20O2. The van der Waals surface area contributed by atoms with Gasteiger partial charge in [-0.15, -0.1) is 0 Å². The van der Waals surface area contributed by atoms with E-state index in [0.29, 0.717) is 5.57 Å². The van der Waals surface area contributed by atoms with Crippen LogP contribution in [0.3, 0.4) is 0 Å². The highest BCUT2D eigenvalue weighted by atomic mass is 16.4. The summed E-state index contributed by atoms with van der Waals surface area (Å²) in [6.07, 6.45) is 9.20. The zero-order valence-electron chi connectivity index (χ0n) is 13.1. The maximum absolute atomic E-state index is 11.5. The van der Waals surface area contributed by atoms with E-state index in [4.69, 9.17) is 0 Å². The third kappa shape index (κ3) is 5.44. The fraction of sp³-hybridized carbons (Fsp3) is 0.0952. The molecule has 0 fully saturated rings. The van der Waals surface area contributed by atoms with Gasteiger partial charge in [0.15, 0.2) is 0 Å². The summed E-state index contributed by atoms with van der Waals surface area (Å²) in [5.74, 6) is -1.07. The molecule has 2 aromatic carbocycles. The van der Waals surface area contributed by atoms with Crippen LogP contribution in [-0.2, 0) is 4.79 Å². The first-order valence-corrected chi connectivity index (χ1v) is 7.56. The number of hydrogen-bond donors (Lipinski definition) is 1. The second-order valence-electron chi connectivity index (χ2n) is 5.26. The van der Waals surface area contributed by atoms with Gasteiger partial charge in [0.1, 0.15) is 0 Å². The van der Waals surface area contributed by atoms with Crippen LogP contribution in [0.1, 0.15) is 18.1 Å². The predicted molar refractivity (Wildman–Crippen MR) is 95.8 cm³/mol. The number of aliphatic carboxylic acids is 1. The average molecular weight is 304 g/mol. The van der Waals surface area contributed by atoms with Crippen LogP contribution in [-0.4, -0.2) is 11.1 Å². The van der Waals surface area contributed by atoms with Crippen molar-refractivity contribution in [2.75, 3.05) is 0 Å². The van der Waals surface area contributed by atoms with Gasteiger partial charge < -0.3 is 5.11 Å². The summed E-state index contributed by atoms with van der Waals surface area (Å²) < 4.78 is 0. The first kappa shape index (κ1) is 16.5. The molecule has 1 N–H and O–H groups in total. The number of carboxylic acid groups (broad SMARTS) is 1. The van der Waals surface area contributed by atoms with E-state index in [-0.39, 0.29) is 5.92 Å². The lowest BCUT2D eigenvalue weighted by molar-refractivity contribution is -0.133. The molecule has 2 nitrogen and oxygen atoms in total. The second kappa shape index (κ2) is 8.54. The van der Waals surface area contributed by atoms with Gasteiger partial charge in [-0.25, -0.2) is 4.79 Å². The molecule has 0 saturated heterocycles. The van der Waals surface area contributed by atoms with Gasteiger partial charge in [0.2, 0.25) is 0 Å². The third-order valence-electron chi connectivity index (χ3n) is 3.48. The van der Waals surface area contributed by atoms with Gasteiger partial charge in [-0.05, 0) is 11.1 Å². The van der Waals surface area contributed by atoms with Gasteiger partial charge in [-0.3, -0.25) is 0 Å². The molecule has 1 atom stereocenters. The van der Waals surface area contributed by atoms with Crippen molar-refractivity contribution in [3.63, 3.8) is 0 Å². The number of benzene rings is 2. The van der Waals surface area contributed by atoms with Crippen molar-refractivity contribution in [1.29, 1.82) is 0 Å². The summed E-state index contributed by atoms with van der Waals surface area (Å²) in [4.78, 5) is 11.5. The molecular weight excluding hydrogens is 284 g/mol. The van der Waals surface area contributed by atoms with Crippen molar-refractivity contribution in [3.8, 4) is 0 Å². The molecule has 2 heteroatoms. The number of carboxylic acids is 1. The van der Waals surface area contributed by atoms with Gasteiger partial charge in [0, 0.05) is 11.5 Å². The summed E-state index contributed by atoms with van der Waals surface area (Å²) >= 11 is 0. The van der Waals surface area contributed by atoms with Crippen LogP contribution in [0.15, 0.2) is 84.5 Å². The van der Waals surface area contributed by atoms with Crippen molar-refractivity contribution < 1.29 is 9.90 Å². The van der Waals surface area contributed by atoms with Crippen molar-refractivity contribution in [1.82, 2.24) is 0 Å². The van der Waals surface area contributed by atoms with Crippen LogP contribution in [0.25, 0.3) is 12.2 Å². The lowest BCUT2D eigenvalue weighted by Gasteiger charge is -2.06. The minimum atomic E-state index is -0.895. The first-order valence-electron chi connectivity index (χ1n) is 7.56. The summed E-state index contributed by atoms with van der Waals surface area (Å²) in [6.45, 7) is 1.88. The van der Waals surface area contributed by atoms with Crippen LogP contribution in [0, 0.1) is 5.92 Å². The monoisotopic (exact) mass is 304 g/mol.